The van der Waals surface area contributed by atoms with E-state index in [1.165, 1.54) is 27.8 Å². The number of likely N-dealkylation sites (N-methyl/N-ethyl adjacent to an activating group) is 1. The Balaban J connectivity index is 1.35. The number of carbonyl (C=O) groups is 1. The number of para-hydroxylation sites is 1. The molecule has 0 N–H and O–H groups in total. The quantitative estimate of drug-likeness (QED) is 0.566. The van der Waals surface area contributed by atoms with Gasteiger partial charge in [-0.2, -0.15) is 4.31 Å². The molecule has 1 aromatic heterocycles. The topological polar surface area (TPSA) is 89.0 Å². The number of ether oxygens (including phenoxy) is 2. The number of carbonyl (C=O) groups excluding carboxylic acids is 1. The van der Waals surface area contributed by atoms with Crippen molar-refractivity contribution in [1.29, 1.82) is 0 Å². The molecule has 3 aromatic rings. The second-order valence-electron chi connectivity index (χ2n) is 7.85. The molecule has 0 radical (unpaired) electrons. The van der Waals surface area contributed by atoms with Crippen molar-refractivity contribution in [3.05, 3.63) is 47.5 Å². The fraction of sp³-hybridized carbons (Fsp3) is 0.364. The van der Waals surface area contributed by atoms with Crippen LogP contribution in [0.5, 0.6) is 11.5 Å². The first-order valence-electron chi connectivity index (χ1n) is 10.4. The summed E-state index contributed by atoms with van der Waals surface area (Å²) in [5, 5.41) is 0.821. The molecule has 2 aromatic carbocycles. The summed E-state index contributed by atoms with van der Waals surface area (Å²) in [6, 6.07) is 11.7. The molecule has 2 aliphatic rings. The van der Waals surface area contributed by atoms with Gasteiger partial charge in [0.25, 0.3) is 0 Å². The predicted molar refractivity (Wildman–Crippen MR) is 120 cm³/mol. The average Bonchev–Trinajstić information content (AvgIpc) is 3.45. The monoisotopic (exact) mass is 473 g/mol. The van der Waals surface area contributed by atoms with Crippen molar-refractivity contribution in [1.82, 2.24) is 14.2 Å². The average molecular weight is 474 g/mol. The number of benzene rings is 2. The third-order valence-corrected chi connectivity index (χ3v) is 8.62. The van der Waals surface area contributed by atoms with Crippen LogP contribution in [0.15, 0.2) is 47.4 Å². The van der Waals surface area contributed by atoms with Gasteiger partial charge in [0.05, 0.1) is 21.7 Å². The third-order valence-electron chi connectivity index (χ3n) is 5.70. The van der Waals surface area contributed by atoms with E-state index < -0.39 is 16.1 Å². The van der Waals surface area contributed by atoms with E-state index in [1.54, 1.807) is 18.0 Å². The molecule has 168 valence electrons. The summed E-state index contributed by atoms with van der Waals surface area (Å²) in [4.78, 5) is 19.5. The number of sulfonamides is 1. The van der Waals surface area contributed by atoms with E-state index in [4.69, 9.17) is 9.47 Å². The number of thiazole rings is 1. The summed E-state index contributed by atoms with van der Waals surface area (Å²) in [6.45, 7) is 1.45. The first-order valence-corrected chi connectivity index (χ1v) is 12.7. The molecule has 10 heteroatoms. The van der Waals surface area contributed by atoms with Crippen LogP contribution in [0.3, 0.4) is 0 Å². The summed E-state index contributed by atoms with van der Waals surface area (Å²) in [7, 11) is -2.16. The van der Waals surface area contributed by atoms with Crippen LogP contribution < -0.4 is 9.47 Å². The molecule has 3 heterocycles. The van der Waals surface area contributed by atoms with Crippen LogP contribution in [-0.2, 0) is 21.4 Å². The number of rotatable bonds is 5. The maximum Gasteiger partial charge on any atom is 0.243 e. The Hall–Kier alpha value is -2.69. The molecule has 0 spiro atoms. The van der Waals surface area contributed by atoms with E-state index in [0.717, 1.165) is 15.2 Å². The fourth-order valence-electron chi connectivity index (χ4n) is 4.12. The van der Waals surface area contributed by atoms with Gasteiger partial charge in [-0.25, -0.2) is 13.4 Å². The maximum atomic E-state index is 13.4. The zero-order valence-corrected chi connectivity index (χ0v) is 19.2. The highest BCUT2D eigenvalue weighted by atomic mass is 32.2. The molecular weight excluding hydrogens is 450 g/mol. The van der Waals surface area contributed by atoms with Gasteiger partial charge in [-0.3, -0.25) is 4.79 Å². The van der Waals surface area contributed by atoms with Gasteiger partial charge in [0.1, 0.15) is 24.3 Å². The fourth-order valence-corrected chi connectivity index (χ4v) is 6.80. The molecule has 2 aliphatic heterocycles. The zero-order valence-electron chi connectivity index (χ0n) is 17.6. The Labute approximate surface area is 190 Å². The summed E-state index contributed by atoms with van der Waals surface area (Å²) < 4.78 is 40.2. The van der Waals surface area contributed by atoms with Crippen molar-refractivity contribution in [2.75, 3.05) is 26.8 Å². The molecule has 32 heavy (non-hydrogen) atoms. The molecule has 0 bridgehead atoms. The van der Waals surface area contributed by atoms with Crippen molar-refractivity contribution < 1.29 is 22.7 Å². The first-order chi connectivity index (χ1) is 15.4. The molecule has 1 amide bonds. The number of hydrogen-bond donors (Lipinski definition) is 0. The number of hydrogen-bond acceptors (Lipinski definition) is 7. The van der Waals surface area contributed by atoms with Gasteiger partial charge in [0.2, 0.25) is 15.9 Å². The van der Waals surface area contributed by atoms with Crippen LogP contribution in [-0.4, -0.2) is 61.4 Å². The molecule has 1 unspecified atom stereocenters. The van der Waals surface area contributed by atoms with Crippen LogP contribution in [0, 0.1) is 0 Å². The van der Waals surface area contributed by atoms with Gasteiger partial charge in [-0.05, 0) is 37.1 Å². The number of amides is 1. The van der Waals surface area contributed by atoms with Crippen molar-refractivity contribution >= 4 is 37.5 Å². The lowest BCUT2D eigenvalue weighted by Crippen LogP contribution is -2.46. The highest BCUT2D eigenvalue weighted by Gasteiger charge is 2.41. The van der Waals surface area contributed by atoms with E-state index in [9.17, 15) is 13.2 Å². The van der Waals surface area contributed by atoms with Crippen LogP contribution in [0.1, 0.15) is 17.8 Å². The largest absolute Gasteiger partial charge is 0.486 e. The predicted octanol–water partition coefficient (Wildman–Crippen LogP) is 2.88. The molecule has 1 saturated heterocycles. The maximum absolute atomic E-state index is 13.4. The van der Waals surface area contributed by atoms with Gasteiger partial charge in [-0.1, -0.05) is 12.1 Å². The minimum Gasteiger partial charge on any atom is -0.486 e. The van der Waals surface area contributed by atoms with Crippen molar-refractivity contribution in [3.8, 4) is 11.5 Å². The Kier molecular flexibility index (Phi) is 5.52. The molecule has 5 rings (SSSR count). The lowest BCUT2D eigenvalue weighted by molar-refractivity contribution is -0.133. The van der Waals surface area contributed by atoms with Crippen LogP contribution in [0.2, 0.25) is 0 Å². The van der Waals surface area contributed by atoms with Crippen LogP contribution in [0.25, 0.3) is 10.2 Å². The summed E-state index contributed by atoms with van der Waals surface area (Å²) in [6.07, 6.45) is 1.13. The molecule has 8 nitrogen and oxygen atoms in total. The van der Waals surface area contributed by atoms with Gasteiger partial charge < -0.3 is 14.4 Å². The minimum absolute atomic E-state index is 0.107. The molecule has 1 fully saturated rings. The van der Waals surface area contributed by atoms with Crippen molar-refractivity contribution in [2.45, 2.75) is 30.3 Å². The van der Waals surface area contributed by atoms with Gasteiger partial charge in [0.15, 0.2) is 11.5 Å². The lowest BCUT2D eigenvalue weighted by atomic mass is 10.2. The summed E-state index contributed by atoms with van der Waals surface area (Å²) in [5.41, 5.74) is 0.900. The summed E-state index contributed by atoms with van der Waals surface area (Å²) in [5.74, 6) is 0.718. The normalized spacial score (nSPS) is 18.7. The highest BCUT2D eigenvalue weighted by molar-refractivity contribution is 7.89. The summed E-state index contributed by atoms with van der Waals surface area (Å²) >= 11 is 1.54. The highest BCUT2D eigenvalue weighted by Crippen LogP contribution is 2.35. The van der Waals surface area contributed by atoms with Gasteiger partial charge in [0, 0.05) is 19.7 Å². The second kappa shape index (κ2) is 8.34. The van der Waals surface area contributed by atoms with E-state index in [-0.39, 0.29) is 10.8 Å². The number of aromatic nitrogens is 1. The molecule has 0 saturated carbocycles. The zero-order chi connectivity index (χ0) is 22.3. The van der Waals surface area contributed by atoms with Crippen molar-refractivity contribution in [3.63, 3.8) is 0 Å². The Morgan fingerprint density at radius 1 is 1.19 bits per heavy atom. The van der Waals surface area contributed by atoms with Gasteiger partial charge >= 0.3 is 0 Å². The number of nitrogens with zero attached hydrogens (tertiary/aromatic N) is 3. The smallest absolute Gasteiger partial charge is 0.243 e. The van der Waals surface area contributed by atoms with Crippen LogP contribution in [0.4, 0.5) is 0 Å². The van der Waals surface area contributed by atoms with Crippen molar-refractivity contribution in [2.24, 2.45) is 0 Å². The number of fused-ring (bicyclic) bond motifs is 2. The molecule has 0 aliphatic carbocycles. The minimum atomic E-state index is -3.86. The SMILES string of the molecule is CN(Cc1nc2ccccc2s1)C(=O)C1CCCN1S(=O)(=O)c1ccc2c(c1)OCCO2. The molecular formula is C22H23N3O5S2. The second-order valence-corrected chi connectivity index (χ2v) is 10.9. The third kappa shape index (κ3) is 3.82. The van der Waals surface area contributed by atoms with Gasteiger partial charge in [-0.15, -0.1) is 11.3 Å². The molecule has 1 atom stereocenters. The van der Waals surface area contributed by atoms with E-state index >= 15 is 0 Å². The lowest BCUT2D eigenvalue weighted by Gasteiger charge is -2.27. The van der Waals surface area contributed by atoms with E-state index in [1.807, 2.05) is 24.3 Å². The van der Waals surface area contributed by atoms with Crippen LogP contribution >= 0.6 is 11.3 Å². The Bertz CT molecular complexity index is 1240. The standard InChI is InChI=1S/C22H23N3O5S2/c1-24(14-21-23-16-5-2-3-7-20(16)31-21)22(26)17-6-4-10-25(17)32(27,28)15-8-9-18-19(13-15)30-12-11-29-18/h2-3,5,7-9,13,17H,4,6,10-12,14H2,1H3. The Morgan fingerprint density at radius 2 is 1.97 bits per heavy atom. The van der Waals surface area contributed by atoms with E-state index in [0.29, 0.717) is 50.6 Å². The Morgan fingerprint density at radius 3 is 2.78 bits per heavy atom. The van der Waals surface area contributed by atoms with E-state index in [2.05, 4.69) is 4.98 Å². The first kappa shape index (κ1) is 21.2.